The van der Waals surface area contributed by atoms with Gasteiger partial charge in [0.25, 0.3) is 0 Å². The number of nitrogens with one attached hydrogen (secondary N) is 1. The van der Waals surface area contributed by atoms with Gasteiger partial charge in [-0.2, -0.15) is 0 Å². The summed E-state index contributed by atoms with van der Waals surface area (Å²) >= 11 is 0. The number of nitrogens with two attached hydrogens (primary N) is 1. The molecule has 0 heterocycles. The van der Waals surface area contributed by atoms with Crippen molar-refractivity contribution in [3.05, 3.63) is 23.8 Å². The first-order chi connectivity index (χ1) is 8.86. The normalized spacial score (nSPS) is 11.7. The number of amides is 1. The van der Waals surface area contributed by atoms with E-state index in [2.05, 4.69) is 5.32 Å². The molecule has 1 rings (SSSR count). The Morgan fingerprint density at radius 2 is 2.11 bits per heavy atom. The maximum absolute atomic E-state index is 11.5. The van der Waals surface area contributed by atoms with Gasteiger partial charge in [-0.25, -0.2) is 4.79 Å². The monoisotopic (exact) mass is 265 g/mol. The fourth-order valence-electron chi connectivity index (χ4n) is 1.81. The fraction of sp³-hybridized carbons (Fsp3) is 0.385. The molecular weight excluding hydrogens is 246 g/mol. The molecule has 0 aliphatic rings. The number of nitrogen functional groups attached to an aromatic ring is 1. The van der Waals surface area contributed by atoms with Crippen molar-refractivity contribution in [1.29, 1.82) is 0 Å². The molecule has 1 aromatic rings. The summed E-state index contributed by atoms with van der Waals surface area (Å²) in [7, 11) is 3.39. The van der Waals surface area contributed by atoms with E-state index in [0.29, 0.717) is 12.2 Å². The van der Waals surface area contributed by atoms with Crippen molar-refractivity contribution >= 4 is 23.3 Å². The molecule has 0 saturated heterocycles. The lowest BCUT2D eigenvalue weighted by atomic mass is 10.1. The quantitative estimate of drug-likeness (QED) is 0.684. The molecule has 0 fully saturated rings. The van der Waals surface area contributed by atoms with Crippen molar-refractivity contribution in [2.45, 2.75) is 6.92 Å². The molecule has 19 heavy (non-hydrogen) atoms. The second-order valence-electron chi connectivity index (χ2n) is 4.47. The third-order valence-electron chi connectivity index (χ3n) is 2.95. The van der Waals surface area contributed by atoms with Gasteiger partial charge in [-0.05, 0) is 18.2 Å². The Morgan fingerprint density at radius 3 is 2.63 bits per heavy atom. The number of anilines is 2. The molecule has 0 aliphatic carbocycles. The Kier molecular flexibility index (Phi) is 4.74. The van der Waals surface area contributed by atoms with Gasteiger partial charge >= 0.3 is 5.97 Å². The molecule has 104 valence electrons. The lowest BCUT2D eigenvalue weighted by Gasteiger charge is -2.23. The van der Waals surface area contributed by atoms with E-state index in [1.165, 1.54) is 6.07 Å². The minimum absolute atomic E-state index is 0.0549. The number of rotatable bonds is 5. The highest BCUT2D eigenvalue weighted by Gasteiger charge is 2.16. The number of carboxylic acid groups (broad SMARTS) is 1. The second-order valence-corrected chi connectivity index (χ2v) is 4.47. The summed E-state index contributed by atoms with van der Waals surface area (Å²) in [6.45, 7) is 2.30. The maximum atomic E-state index is 11.5. The first-order valence-electron chi connectivity index (χ1n) is 5.92. The fourth-order valence-corrected chi connectivity index (χ4v) is 1.81. The molecule has 6 heteroatoms. The van der Waals surface area contributed by atoms with Crippen LogP contribution >= 0.6 is 0 Å². The number of nitrogens with zero attached hydrogens (tertiary/aromatic N) is 1. The Labute approximate surface area is 112 Å². The van der Waals surface area contributed by atoms with Crippen LogP contribution in [0.2, 0.25) is 0 Å². The van der Waals surface area contributed by atoms with E-state index >= 15 is 0 Å². The minimum Gasteiger partial charge on any atom is -0.478 e. The highest BCUT2D eigenvalue weighted by atomic mass is 16.4. The van der Waals surface area contributed by atoms with E-state index in [9.17, 15) is 9.59 Å². The zero-order valence-corrected chi connectivity index (χ0v) is 11.3. The summed E-state index contributed by atoms with van der Waals surface area (Å²) in [5, 5.41) is 11.6. The first kappa shape index (κ1) is 14.8. The number of aromatic carboxylic acids is 1. The van der Waals surface area contributed by atoms with E-state index in [-0.39, 0.29) is 23.1 Å². The molecule has 0 spiro atoms. The Morgan fingerprint density at radius 1 is 1.47 bits per heavy atom. The van der Waals surface area contributed by atoms with Gasteiger partial charge < -0.3 is 21.1 Å². The maximum Gasteiger partial charge on any atom is 0.337 e. The summed E-state index contributed by atoms with van der Waals surface area (Å²) in [5.74, 6) is -1.31. The molecule has 0 bridgehead atoms. The summed E-state index contributed by atoms with van der Waals surface area (Å²) in [4.78, 5) is 24.3. The van der Waals surface area contributed by atoms with E-state index in [0.717, 1.165) is 0 Å². The van der Waals surface area contributed by atoms with E-state index < -0.39 is 5.97 Å². The molecule has 6 nitrogen and oxygen atoms in total. The van der Waals surface area contributed by atoms with Gasteiger partial charge in [0.15, 0.2) is 0 Å². The Balaban J connectivity index is 2.88. The van der Waals surface area contributed by atoms with Crippen molar-refractivity contribution in [3.8, 4) is 0 Å². The Hall–Kier alpha value is -2.24. The van der Waals surface area contributed by atoms with Crippen LogP contribution in [0.1, 0.15) is 17.3 Å². The number of benzene rings is 1. The zero-order chi connectivity index (χ0) is 14.6. The average Bonchev–Trinajstić information content (AvgIpc) is 2.37. The van der Waals surface area contributed by atoms with Crippen molar-refractivity contribution in [2.24, 2.45) is 5.92 Å². The molecule has 1 amide bonds. The highest BCUT2D eigenvalue weighted by Crippen LogP contribution is 2.21. The topological polar surface area (TPSA) is 95.7 Å². The summed E-state index contributed by atoms with van der Waals surface area (Å²) in [6, 6.07) is 4.80. The van der Waals surface area contributed by atoms with Gasteiger partial charge in [0.1, 0.15) is 0 Å². The number of carbonyl (C=O) groups is 2. The van der Waals surface area contributed by atoms with Crippen molar-refractivity contribution in [3.63, 3.8) is 0 Å². The molecule has 4 N–H and O–H groups in total. The van der Waals surface area contributed by atoms with Crippen LogP contribution in [-0.4, -0.2) is 37.6 Å². The Bertz CT molecular complexity index is 488. The van der Waals surface area contributed by atoms with Gasteiger partial charge in [0.2, 0.25) is 5.91 Å². The van der Waals surface area contributed by atoms with Crippen LogP contribution in [0.4, 0.5) is 11.4 Å². The van der Waals surface area contributed by atoms with Crippen LogP contribution in [0, 0.1) is 5.92 Å². The molecule has 1 unspecified atom stereocenters. The van der Waals surface area contributed by atoms with Crippen molar-refractivity contribution in [2.75, 3.05) is 31.3 Å². The molecule has 1 aromatic carbocycles. The average molecular weight is 265 g/mol. The van der Waals surface area contributed by atoms with Crippen LogP contribution in [0.15, 0.2) is 18.2 Å². The summed E-state index contributed by atoms with van der Waals surface area (Å²) in [5.41, 5.74) is 6.60. The lowest BCUT2D eigenvalue weighted by molar-refractivity contribution is -0.123. The SMILES string of the molecule is CNC(=O)C(C)CN(C)c1ccc(N)c(C(=O)O)c1. The number of carbonyl (C=O) groups excluding carboxylic acids is 1. The molecule has 0 radical (unpaired) electrons. The van der Waals surface area contributed by atoms with E-state index in [1.807, 2.05) is 11.8 Å². The van der Waals surface area contributed by atoms with Crippen LogP contribution in [0.3, 0.4) is 0 Å². The van der Waals surface area contributed by atoms with Crippen LogP contribution in [0.5, 0.6) is 0 Å². The zero-order valence-electron chi connectivity index (χ0n) is 11.3. The van der Waals surface area contributed by atoms with Gasteiger partial charge in [0.05, 0.1) is 11.5 Å². The van der Waals surface area contributed by atoms with Gasteiger partial charge in [0, 0.05) is 32.0 Å². The second kappa shape index (κ2) is 6.08. The minimum atomic E-state index is -1.06. The van der Waals surface area contributed by atoms with E-state index in [4.69, 9.17) is 10.8 Å². The number of hydrogen-bond acceptors (Lipinski definition) is 4. The van der Waals surface area contributed by atoms with Crippen molar-refractivity contribution < 1.29 is 14.7 Å². The third-order valence-corrected chi connectivity index (χ3v) is 2.95. The van der Waals surface area contributed by atoms with Gasteiger partial charge in [-0.1, -0.05) is 6.92 Å². The molecular formula is C13H19N3O3. The lowest BCUT2D eigenvalue weighted by Crippen LogP contribution is -2.34. The summed E-state index contributed by atoms with van der Waals surface area (Å²) in [6.07, 6.45) is 0. The smallest absolute Gasteiger partial charge is 0.337 e. The van der Waals surface area contributed by atoms with Crippen LogP contribution < -0.4 is 16.0 Å². The molecule has 0 aliphatic heterocycles. The third kappa shape index (κ3) is 3.61. The standard InChI is InChI=1S/C13H19N3O3/c1-8(12(17)15-2)7-16(3)9-4-5-11(14)10(6-9)13(18)19/h4-6,8H,7,14H2,1-3H3,(H,15,17)(H,18,19). The predicted molar refractivity (Wildman–Crippen MR) is 74.3 cm³/mol. The largest absolute Gasteiger partial charge is 0.478 e. The highest BCUT2D eigenvalue weighted by molar-refractivity contribution is 5.94. The summed E-state index contributed by atoms with van der Waals surface area (Å²) < 4.78 is 0. The number of hydrogen-bond donors (Lipinski definition) is 3. The van der Waals surface area contributed by atoms with Gasteiger partial charge in [-0.15, -0.1) is 0 Å². The van der Waals surface area contributed by atoms with Crippen LogP contribution in [-0.2, 0) is 4.79 Å². The van der Waals surface area contributed by atoms with Crippen LogP contribution in [0.25, 0.3) is 0 Å². The van der Waals surface area contributed by atoms with E-state index in [1.54, 1.807) is 26.2 Å². The molecule has 1 atom stereocenters. The molecule has 0 aromatic heterocycles. The van der Waals surface area contributed by atoms with Crippen molar-refractivity contribution in [1.82, 2.24) is 5.32 Å². The first-order valence-corrected chi connectivity index (χ1v) is 5.92. The van der Waals surface area contributed by atoms with Gasteiger partial charge in [-0.3, -0.25) is 4.79 Å². The predicted octanol–water partition coefficient (Wildman–Crippen LogP) is 0.785. The number of carboxylic acids is 1. The molecule has 0 saturated carbocycles.